The van der Waals surface area contributed by atoms with E-state index in [1.54, 1.807) is 31.2 Å². The molecule has 1 aromatic heterocycles. The Morgan fingerprint density at radius 1 is 1.29 bits per heavy atom. The lowest BCUT2D eigenvalue weighted by atomic mass is 10.1. The Labute approximate surface area is 120 Å². The number of benzene rings is 1. The Morgan fingerprint density at radius 2 is 1.95 bits per heavy atom. The minimum Gasteiger partial charge on any atom is -0.478 e. The van der Waals surface area contributed by atoms with Gasteiger partial charge in [0.2, 0.25) is 0 Å². The van der Waals surface area contributed by atoms with E-state index in [0.29, 0.717) is 12.1 Å². The fourth-order valence-corrected chi connectivity index (χ4v) is 1.83. The van der Waals surface area contributed by atoms with Crippen molar-refractivity contribution in [1.82, 2.24) is 9.55 Å². The summed E-state index contributed by atoms with van der Waals surface area (Å²) < 4.78 is 1.42. The zero-order valence-corrected chi connectivity index (χ0v) is 11.4. The monoisotopic (exact) mass is 286 g/mol. The van der Waals surface area contributed by atoms with Crippen molar-refractivity contribution < 1.29 is 9.90 Å². The van der Waals surface area contributed by atoms with Crippen molar-refractivity contribution in [2.45, 2.75) is 13.5 Å². The summed E-state index contributed by atoms with van der Waals surface area (Å²) >= 11 is 0. The van der Waals surface area contributed by atoms with Gasteiger partial charge < -0.3 is 5.11 Å². The molecule has 0 atom stereocenters. The van der Waals surface area contributed by atoms with Gasteiger partial charge in [0.05, 0.1) is 6.54 Å². The third-order valence-electron chi connectivity index (χ3n) is 2.94. The van der Waals surface area contributed by atoms with Crippen LogP contribution in [0, 0.1) is 6.92 Å². The summed E-state index contributed by atoms with van der Waals surface area (Å²) in [5.41, 5.74) is 1.25. The van der Waals surface area contributed by atoms with Gasteiger partial charge in [-0.05, 0) is 24.1 Å². The highest BCUT2D eigenvalue weighted by atomic mass is 16.4. The molecule has 0 unspecified atom stereocenters. The molecule has 2 N–H and O–H groups in total. The van der Waals surface area contributed by atoms with Crippen LogP contribution in [0.5, 0.6) is 0 Å². The molecule has 0 amide bonds. The zero-order chi connectivity index (χ0) is 15.4. The first-order chi connectivity index (χ1) is 9.95. The minimum absolute atomic E-state index is 0.333. The number of carbonyl (C=O) groups is 1. The van der Waals surface area contributed by atoms with Crippen LogP contribution in [0.3, 0.4) is 0 Å². The van der Waals surface area contributed by atoms with E-state index in [1.807, 2.05) is 0 Å². The number of rotatable bonds is 4. The number of hydrogen-bond donors (Lipinski definition) is 2. The molecule has 108 valence electrons. The molecular weight excluding hydrogens is 272 g/mol. The van der Waals surface area contributed by atoms with Crippen molar-refractivity contribution in [2.75, 3.05) is 0 Å². The molecule has 1 heterocycles. The summed E-state index contributed by atoms with van der Waals surface area (Å²) in [7, 11) is 0. The van der Waals surface area contributed by atoms with E-state index in [4.69, 9.17) is 5.11 Å². The Bertz CT molecular complexity index is 798. The molecule has 0 saturated carbocycles. The quantitative estimate of drug-likeness (QED) is 0.820. The highest BCUT2D eigenvalue weighted by Gasteiger charge is 2.02. The number of hydrogen-bond acceptors (Lipinski definition) is 3. The van der Waals surface area contributed by atoms with Gasteiger partial charge in [0.25, 0.3) is 5.56 Å². The molecule has 0 aliphatic carbocycles. The second-order valence-electron chi connectivity index (χ2n) is 4.61. The summed E-state index contributed by atoms with van der Waals surface area (Å²) in [6, 6.07) is 7.12. The number of aromatic amines is 1. The van der Waals surface area contributed by atoms with Gasteiger partial charge in [-0.3, -0.25) is 14.3 Å². The maximum Gasteiger partial charge on any atom is 0.328 e. The maximum absolute atomic E-state index is 11.7. The van der Waals surface area contributed by atoms with E-state index in [-0.39, 0.29) is 5.56 Å². The van der Waals surface area contributed by atoms with Gasteiger partial charge in [-0.15, -0.1) is 0 Å². The number of H-pyrrole nitrogens is 1. The molecule has 6 heteroatoms. The summed E-state index contributed by atoms with van der Waals surface area (Å²) in [5.74, 6) is -1.01. The molecule has 0 radical (unpaired) electrons. The fraction of sp³-hybridized carbons (Fsp3) is 0.133. The summed E-state index contributed by atoms with van der Waals surface area (Å²) in [4.78, 5) is 35.6. The van der Waals surface area contributed by atoms with Crippen molar-refractivity contribution in [3.63, 3.8) is 0 Å². The van der Waals surface area contributed by atoms with E-state index in [1.165, 1.54) is 16.8 Å². The van der Waals surface area contributed by atoms with Gasteiger partial charge in [-0.2, -0.15) is 0 Å². The van der Waals surface area contributed by atoms with Gasteiger partial charge in [0.1, 0.15) is 0 Å². The first-order valence-electron chi connectivity index (χ1n) is 6.26. The average Bonchev–Trinajstić information content (AvgIpc) is 2.44. The lowest BCUT2D eigenvalue weighted by molar-refractivity contribution is -0.131. The van der Waals surface area contributed by atoms with E-state index in [0.717, 1.165) is 17.2 Å². The van der Waals surface area contributed by atoms with Gasteiger partial charge in [0.15, 0.2) is 0 Å². The first-order valence-corrected chi connectivity index (χ1v) is 6.26. The molecule has 6 nitrogen and oxygen atoms in total. The molecule has 0 aliphatic heterocycles. The molecule has 0 fully saturated rings. The average molecular weight is 286 g/mol. The summed E-state index contributed by atoms with van der Waals surface area (Å²) in [6.45, 7) is 1.97. The maximum atomic E-state index is 11.7. The molecule has 1 aromatic carbocycles. The number of aliphatic carboxylic acids is 1. The molecule has 0 saturated heterocycles. The molecule has 2 rings (SSSR count). The van der Waals surface area contributed by atoms with Gasteiger partial charge in [0, 0.05) is 17.8 Å². The van der Waals surface area contributed by atoms with Crippen molar-refractivity contribution in [3.05, 3.63) is 74.1 Å². The summed E-state index contributed by atoms with van der Waals surface area (Å²) in [5, 5.41) is 8.55. The summed E-state index contributed by atoms with van der Waals surface area (Å²) in [6.07, 6.45) is 4.06. The standard InChI is InChI=1S/C15H14N2O4/c1-10-8-17(15(21)16-14(10)20)9-12-4-2-11(3-5-12)6-7-13(18)19/h2-8H,9H2,1H3,(H,18,19)(H,16,20,21)/b7-6+. The van der Waals surface area contributed by atoms with Crippen LogP contribution in [0.15, 0.2) is 46.1 Å². The third kappa shape index (κ3) is 3.79. The second-order valence-corrected chi connectivity index (χ2v) is 4.61. The van der Waals surface area contributed by atoms with Crippen molar-refractivity contribution in [3.8, 4) is 0 Å². The molecule has 0 bridgehead atoms. The lowest BCUT2D eigenvalue weighted by Crippen LogP contribution is -2.31. The molecule has 0 spiro atoms. The van der Waals surface area contributed by atoms with Crippen LogP contribution >= 0.6 is 0 Å². The van der Waals surface area contributed by atoms with Crippen LogP contribution in [0.25, 0.3) is 6.08 Å². The molecule has 21 heavy (non-hydrogen) atoms. The number of nitrogens with one attached hydrogen (secondary N) is 1. The Balaban J connectivity index is 2.21. The minimum atomic E-state index is -1.01. The zero-order valence-electron chi connectivity index (χ0n) is 11.4. The first kappa shape index (κ1) is 14.5. The number of aryl methyl sites for hydroxylation is 1. The van der Waals surface area contributed by atoms with Crippen LogP contribution in [-0.2, 0) is 11.3 Å². The van der Waals surface area contributed by atoms with Gasteiger partial charge in [-0.1, -0.05) is 24.3 Å². The predicted molar refractivity (Wildman–Crippen MR) is 78.3 cm³/mol. The topological polar surface area (TPSA) is 92.2 Å². The van der Waals surface area contributed by atoms with Gasteiger partial charge in [-0.25, -0.2) is 9.59 Å². The third-order valence-corrected chi connectivity index (χ3v) is 2.94. The van der Waals surface area contributed by atoms with Gasteiger partial charge >= 0.3 is 11.7 Å². The highest BCUT2D eigenvalue weighted by molar-refractivity contribution is 5.85. The largest absolute Gasteiger partial charge is 0.478 e. The SMILES string of the molecule is Cc1cn(Cc2ccc(/C=C/C(=O)O)cc2)c(=O)[nH]c1=O. The van der Waals surface area contributed by atoms with Crippen LogP contribution in [0.1, 0.15) is 16.7 Å². The van der Waals surface area contributed by atoms with E-state index in [2.05, 4.69) is 4.98 Å². The molecule has 2 aromatic rings. The van der Waals surface area contributed by atoms with Crippen LogP contribution in [0.2, 0.25) is 0 Å². The normalized spacial score (nSPS) is 10.9. The van der Waals surface area contributed by atoms with Crippen LogP contribution in [0.4, 0.5) is 0 Å². The van der Waals surface area contributed by atoms with Crippen molar-refractivity contribution in [1.29, 1.82) is 0 Å². The molecule has 0 aliphatic rings. The Morgan fingerprint density at radius 3 is 2.57 bits per heavy atom. The fourth-order valence-electron chi connectivity index (χ4n) is 1.83. The molecular formula is C15H14N2O4. The highest BCUT2D eigenvalue weighted by Crippen LogP contribution is 2.07. The number of carboxylic acid groups (broad SMARTS) is 1. The lowest BCUT2D eigenvalue weighted by Gasteiger charge is -2.06. The Hall–Kier alpha value is -2.89. The Kier molecular flexibility index (Phi) is 4.18. The number of nitrogens with zero attached hydrogens (tertiary/aromatic N) is 1. The van der Waals surface area contributed by atoms with Crippen molar-refractivity contribution in [2.24, 2.45) is 0 Å². The van der Waals surface area contributed by atoms with E-state index < -0.39 is 11.7 Å². The van der Waals surface area contributed by atoms with Crippen molar-refractivity contribution >= 4 is 12.0 Å². The number of aromatic nitrogens is 2. The smallest absolute Gasteiger partial charge is 0.328 e. The number of carboxylic acids is 1. The van der Waals surface area contributed by atoms with E-state index in [9.17, 15) is 14.4 Å². The second kappa shape index (κ2) is 6.04. The van der Waals surface area contributed by atoms with Crippen LogP contribution in [-0.4, -0.2) is 20.6 Å². The van der Waals surface area contributed by atoms with Crippen LogP contribution < -0.4 is 11.2 Å². The predicted octanol–water partition coefficient (Wildman–Crippen LogP) is 0.991. The van der Waals surface area contributed by atoms with E-state index >= 15 is 0 Å².